The summed E-state index contributed by atoms with van der Waals surface area (Å²) < 4.78 is 6.20. The lowest BCUT2D eigenvalue weighted by atomic mass is 9.89. The second-order valence-corrected chi connectivity index (χ2v) is 7.36. The van der Waals surface area contributed by atoms with Crippen molar-refractivity contribution >= 4 is 11.6 Å². The largest absolute Gasteiger partial charge is 0.378 e. The molecule has 2 aromatic carbocycles. The van der Waals surface area contributed by atoms with E-state index in [9.17, 15) is 0 Å². The highest BCUT2D eigenvalue weighted by Crippen LogP contribution is 2.34. The summed E-state index contributed by atoms with van der Waals surface area (Å²) >= 11 is 6.44. The summed E-state index contributed by atoms with van der Waals surface area (Å²) in [4.78, 5) is 0. The van der Waals surface area contributed by atoms with Gasteiger partial charge in [0.2, 0.25) is 0 Å². The maximum absolute atomic E-state index is 6.44. The lowest BCUT2D eigenvalue weighted by Gasteiger charge is -2.26. The Morgan fingerprint density at radius 3 is 2.67 bits per heavy atom. The van der Waals surface area contributed by atoms with Crippen LogP contribution in [0.1, 0.15) is 44.2 Å². The van der Waals surface area contributed by atoms with Gasteiger partial charge in [-0.1, -0.05) is 68.3 Å². The predicted octanol–water partition coefficient (Wildman–Crippen LogP) is 6.32. The molecule has 0 saturated heterocycles. The van der Waals surface area contributed by atoms with E-state index in [0.29, 0.717) is 6.10 Å². The Morgan fingerprint density at radius 1 is 1.08 bits per heavy atom. The van der Waals surface area contributed by atoms with Crippen LogP contribution in [-0.2, 0) is 17.6 Å². The summed E-state index contributed by atoms with van der Waals surface area (Å²) in [6.07, 6.45) is 5.98. The minimum atomic E-state index is 0.400. The average molecular weight is 343 g/mol. The predicted molar refractivity (Wildman–Crippen MR) is 103 cm³/mol. The van der Waals surface area contributed by atoms with E-state index in [4.69, 9.17) is 16.3 Å². The lowest BCUT2D eigenvalue weighted by Crippen LogP contribution is -2.22. The van der Waals surface area contributed by atoms with Crippen LogP contribution in [0.4, 0.5) is 0 Å². The zero-order chi connectivity index (χ0) is 16.9. The molecule has 24 heavy (non-hydrogen) atoms. The quantitative estimate of drug-likeness (QED) is 0.632. The van der Waals surface area contributed by atoms with Gasteiger partial charge >= 0.3 is 0 Å². The van der Waals surface area contributed by atoms with E-state index < -0.39 is 0 Å². The second-order valence-electron chi connectivity index (χ2n) is 6.95. The smallest absolute Gasteiger partial charge is 0.0581 e. The van der Waals surface area contributed by atoms with Crippen LogP contribution in [-0.4, -0.2) is 12.7 Å². The van der Waals surface area contributed by atoms with Gasteiger partial charge in [-0.25, -0.2) is 0 Å². The molecule has 2 atom stereocenters. The normalized spacial score (nSPS) is 19.2. The molecule has 0 N–H and O–H groups in total. The van der Waals surface area contributed by atoms with Gasteiger partial charge in [-0.3, -0.25) is 0 Å². The molecule has 0 radical (unpaired) electrons. The molecule has 0 aliphatic carbocycles. The van der Waals surface area contributed by atoms with Crippen molar-refractivity contribution in [1.29, 1.82) is 0 Å². The van der Waals surface area contributed by atoms with E-state index in [0.717, 1.165) is 42.4 Å². The zero-order valence-corrected chi connectivity index (χ0v) is 15.5. The fourth-order valence-electron chi connectivity index (χ4n) is 3.62. The van der Waals surface area contributed by atoms with Crippen molar-refractivity contribution in [2.24, 2.45) is 5.92 Å². The molecular formula is C22H27ClO. The number of halogens is 1. The van der Waals surface area contributed by atoms with Crippen LogP contribution in [0.5, 0.6) is 0 Å². The van der Waals surface area contributed by atoms with Crippen molar-refractivity contribution in [2.75, 3.05) is 6.61 Å². The Morgan fingerprint density at radius 2 is 1.88 bits per heavy atom. The van der Waals surface area contributed by atoms with E-state index in [-0.39, 0.29) is 0 Å². The van der Waals surface area contributed by atoms with Gasteiger partial charge in [0.15, 0.2) is 0 Å². The summed E-state index contributed by atoms with van der Waals surface area (Å²) in [5, 5.41) is 0.823. The van der Waals surface area contributed by atoms with Gasteiger partial charge < -0.3 is 4.74 Å². The molecule has 3 rings (SSSR count). The van der Waals surface area contributed by atoms with Crippen LogP contribution in [0.15, 0.2) is 42.5 Å². The third-order valence-corrected chi connectivity index (χ3v) is 5.57. The van der Waals surface area contributed by atoms with Gasteiger partial charge in [-0.05, 0) is 54.4 Å². The molecule has 1 aliphatic rings. The Labute approximate surface area is 151 Å². The van der Waals surface area contributed by atoms with E-state index in [1.807, 2.05) is 12.1 Å². The zero-order valence-electron chi connectivity index (χ0n) is 14.7. The van der Waals surface area contributed by atoms with Crippen molar-refractivity contribution in [1.82, 2.24) is 0 Å². The summed E-state index contributed by atoms with van der Waals surface area (Å²) in [6, 6.07) is 14.8. The topological polar surface area (TPSA) is 9.23 Å². The molecule has 0 spiro atoms. The van der Waals surface area contributed by atoms with Crippen LogP contribution in [0.2, 0.25) is 5.02 Å². The molecule has 0 bridgehead atoms. The van der Waals surface area contributed by atoms with Gasteiger partial charge in [-0.15, -0.1) is 0 Å². The highest BCUT2D eigenvalue weighted by Gasteiger charge is 2.19. The van der Waals surface area contributed by atoms with Crippen LogP contribution >= 0.6 is 11.6 Å². The molecule has 1 nitrogen and oxygen atoms in total. The van der Waals surface area contributed by atoms with Crippen molar-refractivity contribution in [3.63, 3.8) is 0 Å². The van der Waals surface area contributed by atoms with Gasteiger partial charge in [0, 0.05) is 10.6 Å². The fourth-order valence-corrected chi connectivity index (χ4v) is 3.86. The molecular weight excluding hydrogens is 316 g/mol. The van der Waals surface area contributed by atoms with E-state index >= 15 is 0 Å². The first kappa shape index (κ1) is 17.5. The molecule has 0 unspecified atom stereocenters. The molecule has 0 amide bonds. The van der Waals surface area contributed by atoms with Gasteiger partial charge in [0.05, 0.1) is 12.7 Å². The third kappa shape index (κ3) is 4.02. The third-order valence-electron chi connectivity index (χ3n) is 5.24. The van der Waals surface area contributed by atoms with Crippen molar-refractivity contribution < 1.29 is 4.74 Å². The molecule has 0 fully saturated rings. The SMILES string of the molecule is CC[C@H](C)C[C@@H]1CCc2cccc(-c3ccccc3Cl)c2CCO1. The molecule has 2 heteroatoms. The number of benzene rings is 2. The Balaban J connectivity index is 1.85. The lowest BCUT2D eigenvalue weighted by molar-refractivity contribution is 0.0312. The standard InChI is InChI=1S/C22H27ClO/c1-3-16(2)15-18-12-11-17-7-6-9-20(19(17)13-14-24-18)21-8-4-5-10-22(21)23/h4-10,16,18H,3,11-15H2,1-2H3/t16-,18-/m0/s1. The number of hydrogen-bond donors (Lipinski definition) is 0. The first-order valence-corrected chi connectivity index (χ1v) is 9.54. The van der Waals surface area contributed by atoms with Crippen molar-refractivity contribution in [3.05, 3.63) is 58.6 Å². The fraction of sp³-hybridized carbons (Fsp3) is 0.455. The van der Waals surface area contributed by atoms with Crippen LogP contribution in [0, 0.1) is 5.92 Å². The van der Waals surface area contributed by atoms with Gasteiger partial charge in [0.1, 0.15) is 0 Å². The Kier molecular flexibility index (Phi) is 5.97. The van der Waals surface area contributed by atoms with E-state index in [1.54, 1.807) is 0 Å². The van der Waals surface area contributed by atoms with Gasteiger partial charge in [0.25, 0.3) is 0 Å². The first-order chi connectivity index (χ1) is 11.7. The maximum Gasteiger partial charge on any atom is 0.0581 e. The summed E-state index contributed by atoms with van der Waals surface area (Å²) in [6.45, 7) is 5.39. The van der Waals surface area contributed by atoms with Crippen LogP contribution < -0.4 is 0 Å². The number of rotatable bonds is 4. The average Bonchev–Trinajstić information content (AvgIpc) is 2.58. The maximum atomic E-state index is 6.44. The second kappa shape index (κ2) is 8.18. The molecule has 2 aromatic rings. The highest BCUT2D eigenvalue weighted by atomic mass is 35.5. The number of hydrogen-bond acceptors (Lipinski definition) is 1. The van der Waals surface area contributed by atoms with Gasteiger partial charge in [-0.2, -0.15) is 0 Å². The minimum Gasteiger partial charge on any atom is -0.378 e. The van der Waals surface area contributed by atoms with Crippen molar-refractivity contribution in [2.45, 2.75) is 52.1 Å². The minimum absolute atomic E-state index is 0.400. The number of aryl methyl sites for hydroxylation is 1. The molecule has 128 valence electrons. The van der Waals surface area contributed by atoms with Crippen molar-refractivity contribution in [3.8, 4) is 11.1 Å². The Bertz CT molecular complexity index is 679. The number of fused-ring (bicyclic) bond motifs is 1. The summed E-state index contributed by atoms with van der Waals surface area (Å²) in [5.41, 5.74) is 5.27. The first-order valence-electron chi connectivity index (χ1n) is 9.16. The molecule has 1 heterocycles. The molecule has 0 aromatic heterocycles. The number of ether oxygens (including phenoxy) is 1. The van der Waals surface area contributed by atoms with Crippen LogP contribution in [0.3, 0.4) is 0 Å². The van der Waals surface area contributed by atoms with Crippen LogP contribution in [0.25, 0.3) is 11.1 Å². The molecule has 1 aliphatic heterocycles. The summed E-state index contributed by atoms with van der Waals surface area (Å²) in [7, 11) is 0. The molecule has 0 saturated carbocycles. The summed E-state index contributed by atoms with van der Waals surface area (Å²) in [5.74, 6) is 0.739. The highest BCUT2D eigenvalue weighted by molar-refractivity contribution is 6.33. The van der Waals surface area contributed by atoms with E-state index in [1.165, 1.54) is 29.5 Å². The Hall–Kier alpha value is -1.31. The van der Waals surface area contributed by atoms with E-state index in [2.05, 4.69) is 44.2 Å². The monoisotopic (exact) mass is 342 g/mol.